The Morgan fingerprint density at radius 2 is 1.58 bits per heavy atom. The van der Waals surface area contributed by atoms with Crippen molar-refractivity contribution in [2.24, 2.45) is 0 Å². The predicted octanol–water partition coefficient (Wildman–Crippen LogP) is -0.941. The zero-order chi connectivity index (χ0) is 21.4. The van der Waals surface area contributed by atoms with Crippen LogP contribution in [0.3, 0.4) is 0 Å². The van der Waals surface area contributed by atoms with Crippen LogP contribution in [0.1, 0.15) is 0 Å². The van der Waals surface area contributed by atoms with E-state index < -0.39 is 76.6 Å². The molecule has 3 saturated heterocycles. The molecule has 2 spiro atoms. The molecule has 1 N–H and O–H groups in total. The van der Waals surface area contributed by atoms with Gasteiger partial charge in [0.1, 0.15) is 6.73 Å². The van der Waals surface area contributed by atoms with Crippen molar-refractivity contribution in [3.63, 3.8) is 0 Å². The molecule has 11 bridgehead atoms. The minimum absolute atomic E-state index is 0.0988. The van der Waals surface area contributed by atoms with Crippen LogP contribution >= 0.6 is 23.5 Å². The molecule has 22 heteroatoms. The molecule has 0 saturated carbocycles. The molecule has 2 aromatic rings. The third-order valence-electron chi connectivity index (χ3n) is 5.04. The molecule has 0 amide bonds. The molecular formula is C9H3N4O15P3. The maximum absolute atomic E-state index is 13.4. The summed E-state index contributed by atoms with van der Waals surface area (Å²) in [6.45, 7) is -0.769. The molecule has 9 aliphatic rings. The SMILES string of the molecule is O=c1c2c3nc4n2COP2(=O)OC5(O2)OP2(=O)OC(O)(O2)C2(OP(=O)(O4)O2)n3c(=O)n15. The third kappa shape index (κ3) is 1.67. The summed E-state index contributed by atoms with van der Waals surface area (Å²) in [5.41, 5.74) is -3.75. The maximum Gasteiger partial charge on any atom is 0.540 e. The number of nitrogens with zero attached hydrogens (tertiary/aromatic N) is 4. The Kier molecular flexibility index (Phi) is 2.52. The Morgan fingerprint density at radius 1 is 0.903 bits per heavy atom. The Balaban J connectivity index is 1.64. The van der Waals surface area contributed by atoms with Crippen molar-refractivity contribution in [2.45, 2.75) is 24.7 Å². The van der Waals surface area contributed by atoms with Gasteiger partial charge >= 0.3 is 53.1 Å². The fourth-order valence-corrected chi connectivity index (χ4v) is 7.97. The number of phosphoric acid groups is 3. The van der Waals surface area contributed by atoms with Crippen molar-refractivity contribution in [1.29, 1.82) is 0 Å². The second-order valence-corrected chi connectivity index (χ2v) is 11.2. The Morgan fingerprint density at radius 3 is 2.29 bits per heavy atom. The van der Waals surface area contributed by atoms with Crippen molar-refractivity contribution in [3.05, 3.63) is 20.8 Å². The summed E-state index contributed by atoms with van der Waals surface area (Å²) >= 11 is 0. The first kappa shape index (κ1) is 17.8. The molecule has 0 unspecified atom stereocenters. The Labute approximate surface area is 165 Å². The van der Waals surface area contributed by atoms with Crippen LogP contribution in [0.4, 0.5) is 0 Å². The quantitative estimate of drug-likeness (QED) is 0.432. The molecule has 0 radical (unpaired) electrons. The zero-order valence-corrected chi connectivity index (χ0v) is 16.7. The molecule has 0 aliphatic carbocycles. The molecule has 11 heterocycles. The van der Waals surface area contributed by atoms with E-state index in [1.54, 1.807) is 0 Å². The van der Waals surface area contributed by atoms with Gasteiger partial charge in [0.15, 0.2) is 11.2 Å². The molecule has 9 aliphatic heterocycles. The van der Waals surface area contributed by atoms with Gasteiger partial charge in [-0.25, -0.2) is 54.7 Å². The second-order valence-electron chi connectivity index (χ2n) is 6.77. The zero-order valence-electron chi connectivity index (χ0n) is 14.0. The highest BCUT2D eigenvalue weighted by Gasteiger charge is 2.85. The number of hydrogen-bond acceptors (Lipinski definition) is 16. The summed E-state index contributed by atoms with van der Waals surface area (Å²) in [6.07, 6.45) is -3.05. The van der Waals surface area contributed by atoms with E-state index in [-0.39, 0.29) is 4.57 Å². The number of hydrogen-bond donors (Lipinski definition) is 1. The number of fused-ring (bicyclic) bond motifs is 1. The van der Waals surface area contributed by atoms with E-state index in [1.807, 2.05) is 0 Å². The molecule has 164 valence electrons. The highest BCUT2D eigenvalue weighted by molar-refractivity contribution is 7.51. The van der Waals surface area contributed by atoms with Gasteiger partial charge in [0.2, 0.25) is 0 Å². The van der Waals surface area contributed by atoms with Crippen LogP contribution in [0.25, 0.3) is 11.2 Å². The van der Waals surface area contributed by atoms with E-state index in [0.717, 1.165) is 4.57 Å². The topological polar surface area (TPSA) is 216 Å². The van der Waals surface area contributed by atoms with E-state index in [0.29, 0.717) is 4.57 Å². The van der Waals surface area contributed by atoms with Crippen molar-refractivity contribution in [3.8, 4) is 6.01 Å². The van der Waals surface area contributed by atoms with E-state index in [4.69, 9.17) is 40.7 Å². The van der Waals surface area contributed by atoms with E-state index in [1.165, 1.54) is 0 Å². The average Bonchev–Trinajstić information content (AvgIpc) is 2.93. The van der Waals surface area contributed by atoms with Crippen LogP contribution in [0.2, 0.25) is 0 Å². The number of imidazole rings is 1. The molecule has 0 atom stereocenters. The van der Waals surface area contributed by atoms with Crippen LogP contribution in [0.5, 0.6) is 6.01 Å². The molecule has 3 fully saturated rings. The molecule has 19 nitrogen and oxygen atoms in total. The van der Waals surface area contributed by atoms with Crippen molar-refractivity contribution < 1.29 is 59.5 Å². The molecule has 11 rings (SSSR count). The Bertz CT molecular complexity index is 1550. The first-order valence-electron chi connectivity index (χ1n) is 8.05. The number of aromatic nitrogens is 4. The summed E-state index contributed by atoms with van der Waals surface area (Å²) in [5, 5.41) is 10.7. The second kappa shape index (κ2) is 4.38. The van der Waals surface area contributed by atoms with Crippen LogP contribution in [0.15, 0.2) is 9.59 Å². The summed E-state index contributed by atoms with van der Waals surface area (Å²) in [5.74, 6) is -6.14. The van der Waals surface area contributed by atoms with Gasteiger partial charge < -0.3 is 9.63 Å². The molecule has 0 aromatic carbocycles. The van der Waals surface area contributed by atoms with Crippen LogP contribution in [-0.4, -0.2) is 29.8 Å². The number of rotatable bonds is 0. The minimum Gasteiger partial charge on any atom is -0.369 e. The normalized spacial score (nSPS) is 50.0. The van der Waals surface area contributed by atoms with Gasteiger partial charge in [-0.2, -0.15) is 9.55 Å². The lowest BCUT2D eigenvalue weighted by atomic mass is 10.3. The fourth-order valence-electron chi connectivity index (χ4n) is 3.88. The first-order chi connectivity index (χ1) is 14.4. The standard InChI is InChI=1S/C9H3N4O15P3/c14-4-2-3-10-5-11(2)1-20-29(17)26-9(27-29)13(4)6(15)12(3)7(22-30(18,21-5)23-7)8(16)24-31(19,25-8)28-9/h16H,1H2. The monoisotopic (exact) mass is 500 g/mol. The number of phosphoric ester groups is 3. The largest absolute Gasteiger partial charge is 0.540 e. The highest BCUT2D eigenvalue weighted by Crippen LogP contribution is 2.81. The van der Waals surface area contributed by atoms with Gasteiger partial charge in [0.25, 0.3) is 5.56 Å². The fraction of sp³-hybridized carbons (Fsp3) is 0.444. The van der Waals surface area contributed by atoms with Gasteiger partial charge in [-0.05, 0) is 0 Å². The van der Waals surface area contributed by atoms with Crippen LogP contribution < -0.4 is 15.8 Å². The molecule has 2 aromatic heterocycles. The molecular weight excluding hydrogens is 497 g/mol. The summed E-state index contributed by atoms with van der Waals surface area (Å²) in [4.78, 5) is 30.6. The smallest absolute Gasteiger partial charge is 0.369 e. The van der Waals surface area contributed by atoms with E-state index in [2.05, 4.69) is 4.98 Å². The van der Waals surface area contributed by atoms with Crippen molar-refractivity contribution >= 4 is 34.6 Å². The van der Waals surface area contributed by atoms with Crippen molar-refractivity contribution in [1.82, 2.24) is 18.7 Å². The lowest BCUT2D eigenvalue weighted by Crippen LogP contribution is -2.70. The van der Waals surface area contributed by atoms with E-state index >= 15 is 0 Å². The van der Waals surface area contributed by atoms with Gasteiger partial charge in [-0.15, -0.1) is 0 Å². The predicted molar refractivity (Wildman–Crippen MR) is 81.3 cm³/mol. The Hall–Kier alpha value is -1.72. The molecule has 31 heavy (non-hydrogen) atoms. The maximum atomic E-state index is 13.4. The van der Waals surface area contributed by atoms with Gasteiger partial charge in [-0.1, -0.05) is 0 Å². The number of aliphatic hydroxyl groups is 1. The minimum atomic E-state index is -4.88. The van der Waals surface area contributed by atoms with Gasteiger partial charge in [-0.3, -0.25) is 13.9 Å². The van der Waals surface area contributed by atoms with E-state index in [9.17, 15) is 28.4 Å². The van der Waals surface area contributed by atoms with Crippen LogP contribution in [-0.2, 0) is 68.6 Å². The first-order valence-corrected chi connectivity index (χ1v) is 12.4. The van der Waals surface area contributed by atoms with Crippen molar-refractivity contribution in [2.75, 3.05) is 0 Å². The summed E-state index contributed by atoms with van der Waals surface area (Å²) in [7, 11) is -13.9. The average molecular weight is 500 g/mol. The summed E-state index contributed by atoms with van der Waals surface area (Å²) < 4.78 is 84.4. The highest BCUT2D eigenvalue weighted by atomic mass is 31.2. The van der Waals surface area contributed by atoms with Crippen LogP contribution in [0, 0.1) is 0 Å². The lowest BCUT2D eigenvalue weighted by molar-refractivity contribution is -0.512. The lowest BCUT2D eigenvalue weighted by Gasteiger charge is -2.54. The van der Waals surface area contributed by atoms with Gasteiger partial charge in [0.05, 0.1) is 0 Å². The third-order valence-corrected chi connectivity index (χ3v) is 9.11. The van der Waals surface area contributed by atoms with Gasteiger partial charge in [0, 0.05) is 0 Å². The summed E-state index contributed by atoms with van der Waals surface area (Å²) in [6, 6.07) is -0.596.